The Labute approximate surface area is 137 Å². The van der Waals surface area contributed by atoms with Crippen LogP contribution < -0.4 is 20.9 Å². The normalized spacial score (nSPS) is 26.8. The number of nitrogens with two attached hydrogens (primary N) is 1. The molecule has 0 aromatic carbocycles. The zero-order chi connectivity index (χ0) is 16.6. The Morgan fingerprint density at radius 1 is 1.39 bits per heavy atom. The van der Waals surface area contributed by atoms with Gasteiger partial charge in [0, 0.05) is 58.2 Å². The molecule has 3 N–H and O–H groups in total. The van der Waals surface area contributed by atoms with Gasteiger partial charge >= 0.3 is 0 Å². The second-order valence-electron chi connectivity index (χ2n) is 6.91. The van der Waals surface area contributed by atoms with E-state index in [9.17, 15) is 4.79 Å². The van der Waals surface area contributed by atoms with Crippen LogP contribution >= 0.6 is 0 Å². The third kappa shape index (κ3) is 3.55. The summed E-state index contributed by atoms with van der Waals surface area (Å²) in [4.78, 5) is 24.8. The van der Waals surface area contributed by atoms with Gasteiger partial charge in [-0.25, -0.2) is 4.98 Å². The summed E-state index contributed by atoms with van der Waals surface area (Å²) < 4.78 is 0. The summed E-state index contributed by atoms with van der Waals surface area (Å²) in [5.41, 5.74) is 7.01. The number of aromatic nitrogens is 2. The standard InChI is InChI=1S/C16H26N6O/c1-10(23)18-13-4-5-22(9-13)15-8-14(11-6-12(17)7-11)19-16(20-15)21(2)3/h8,11-13H,4-7,9,17H2,1-3H3,(H,18,23). The van der Waals surface area contributed by atoms with E-state index < -0.39 is 0 Å². The monoisotopic (exact) mass is 318 g/mol. The van der Waals surface area contributed by atoms with Gasteiger partial charge in [-0.3, -0.25) is 4.79 Å². The fraction of sp³-hybridized carbons (Fsp3) is 0.688. The maximum absolute atomic E-state index is 11.2. The lowest BCUT2D eigenvalue weighted by Crippen LogP contribution is -2.36. The summed E-state index contributed by atoms with van der Waals surface area (Å²) in [5, 5.41) is 2.99. The van der Waals surface area contributed by atoms with Gasteiger partial charge in [0.1, 0.15) is 5.82 Å². The second-order valence-corrected chi connectivity index (χ2v) is 6.91. The molecule has 0 spiro atoms. The molecule has 7 nitrogen and oxygen atoms in total. The van der Waals surface area contributed by atoms with Crippen LogP contribution in [0.2, 0.25) is 0 Å². The van der Waals surface area contributed by atoms with Gasteiger partial charge in [-0.1, -0.05) is 0 Å². The lowest BCUT2D eigenvalue weighted by molar-refractivity contribution is -0.119. The molecule has 23 heavy (non-hydrogen) atoms. The van der Waals surface area contributed by atoms with E-state index in [2.05, 4.69) is 21.3 Å². The maximum atomic E-state index is 11.2. The molecule has 1 saturated heterocycles. The third-order valence-electron chi connectivity index (χ3n) is 4.63. The summed E-state index contributed by atoms with van der Waals surface area (Å²) in [6.45, 7) is 3.26. The molecule has 1 aliphatic carbocycles. The number of rotatable bonds is 4. The zero-order valence-electron chi connectivity index (χ0n) is 14.1. The first-order chi connectivity index (χ1) is 10.9. The van der Waals surface area contributed by atoms with Crippen LogP contribution in [0.5, 0.6) is 0 Å². The van der Waals surface area contributed by atoms with Gasteiger partial charge in [-0.15, -0.1) is 0 Å². The Balaban J connectivity index is 1.79. The average molecular weight is 318 g/mol. The molecule has 7 heteroatoms. The highest BCUT2D eigenvalue weighted by molar-refractivity contribution is 5.73. The molecular weight excluding hydrogens is 292 g/mol. The molecule has 1 atom stereocenters. The molecular formula is C16H26N6O. The summed E-state index contributed by atoms with van der Waals surface area (Å²) in [6, 6.07) is 2.60. The topological polar surface area (TPSA) is 87.4 Å². The van der Waals surface area contributed by atoms with Gasteiger partial charge < -0.3 is 20.9 Å². The van der Waals surface area contributed by atoms with Crippen LogP contribution in [0.25, 0.3) is 0 Å². The zero-order valence-corrected chi connectivity index (χ0v) is 14.1. The van der Waals surface area contributed by atoms with Crippen molar-refractivity contribution >= 4 is 17.7 Å². The number of nitrogens with one attached hydrogen (secondary N) is 1. The molecule has 1 unspecified atom stereocenters. The summed E-state index contributed by atoms with van der Waals surface area (Å²) in [7, 11) is 3.92. The summed E-state index contributed by atoms with van der Waals surface area (Å²) >= 11 is 0. The van der Waals surface area contributed by atoms with Crippen LogP contribution in [-0.4, -0.2) is 55.1 Å². The van der Waals surface area contributed by atoms with Gasteiger partial charge in [0.2, 0.25) is 11.9 Å². The van der Waals surface area contributed by atoms with Gasteiger partial charge in [0.15, 0.2) is 0 Å². The van der Waals surface area contributed by atoms with E-state index >= 15 is 0 Å². The molecule has 1 aromatic rings. The van der Waals surface area contributed by atoms with E-state index in [4.69, 9.17) is 10.7 Å². The van der Waals surface area contributed by atoms with Gasteiger partial charge in [0.25, 0.3) is 0 Å². The van der Waals surface area contributed by atoms with Crippen LogP contribution in [0.1, 0.15) is 37.8 Å². The highest BCUT2D eigenvalue weighted by atomic mass is 16.1. The quantitative estimate of drug-likeness (QED) is 0.839. The van der Waals surface area contributed by atoms with E-state index in [1.165, 1.54) is 0 Å². The second kappa shape index (κ2) is 6.31. The van der Waals surface area contributed by atoms with E-state index in [1.54, 1.807) is 6.92 Å². The van der Waals surface area contributed by atoms with Gasteiger partial charge in [-0.2, -0.15) is 4.98 Å². The first-order valence-corrected chi connectivity index (χ1v) is 8.26. The maximum Gasteiger partial charge on any atom is 0.227 e. The smallest absolute Gasteiger partial charge is 0.227 e. The molecule has 0 radical (unpaired) electrons. The fourth-order valence-corrected chi connectivity index (χ4v) is 3.29. The molecule has 2 aliphatic rings. The minimum Gasteiger partial charge on any atom is -0.354 e. The van der Waals surface area contributed by atoms with Crippen molar-refractivity contribution < 1.29 is 4.79 Å². The number of hydrogen-bond acceptors (Lipinski definition) is 6. The first kappa shape index (κ1) is 16.0. The molecule has 1 aliphatic heterocycles. The molecule has 2 fully saturated rings. The number of nitrogens with zero attached hydrogens (tertiary/aromatic N) is 4. The van der Waals surface area contributed by atoms with Crippen molar-refractivity contribution in [1.29, 1.82) is 0 Å². The minimum atomic E-state index is 0.0256. The lowest BCUT2D eigenvalue weighted by Gasteiger charge is -2.33. The summed E-state index contributed by atoms with van der Waals surface area (Å²) in [6.07, 6.45) is 2.94. The van der Waals surface area contributed by atoms with Crippen molar-refractivity contribution in [2.45, 2.75) is 44.2 Å². The van der Waals surface area contributed by atoms with Crippen LogP contribution in [0.3, 0.4) is 0 Å². The molecule has 1 saturated carbocycles. The molecule has 3 rings (SSSR count). The predicted molar refractivity (Wildman–Crippen MR) is 90.7 cm³/mol. The number of carbonyl (C=O) groups is 1. The Kier molecular flexibility index (Phi) is 4.39. The van der Waals surface area contributed by atoms with Gasteiger partial charge in [0.05, 0.1) is 5.69 Å². The predicted octanol–water partition coefficient (Wildman–Crippen LogP) is 0.462. The van der Waals surface area contributed by atoms with Crippen molar-refractivity contribution in [3.8, 4) is 0 Å². The largest absolute Gasteiger partial charge is 0.354 e. The number of amides is 1. The minimum absolute atomic E-state index is 0.0256. The van der Waals surface area contributed by atoms with Crippen LogP contribution in [0, 0.1) is 0 Å². The van der Waals surface area contributed by atoms with Gasteiger partial charge in [-0.05, 0) is 19.3 Å². The summed E-state index contributed by atoms with van der Waals surface area (Å²) in [5.74, 6) is 2.16. The lowest BCUT2D eigenvalue weighted by atomic mass is 9.78. The molecule has 1 aromatic heterocycles. The van der Waals surface area contributed by atoms with Crippen LogP contribution in [0.15, 0.2) is 6.07 Å². The van der Waals surface area contributed by atoms with Crippen molar-refractivity contribution in [3.63, 3.8) is 0 Å². The highest BCUT2D eigenvalue weighted by Crippen LogP contribution is 2.36. The van der Waals surface area contributed by atoms with E-state index in [-0.39, 0.29) is 11.9 Å². The molecule has 0 bridgehead atoms. The average Bonchev–Trinajstić information content (AvgIpc) is 2.91. The highest BCUT2D eigenvalue weighted by Gasteiger charge is 2.31. The Bertz CT molecular complexity index is 584. The van der Waals surface area contributed by atoms with Crippen LogP contribution in [0.4, 0.5) is 11.8 Å². The van der Waals surface area contributed by atoms with E-state index in [0.29, 0.717) is 12.0 Å². The Morgan fingerprint density at radius 2 is 2.13 bits per heavy atom. The van der Waals surface area contributed by atoms with Crippen molar-refractivity contribution in [2.24, 2.45) is 5.73 Å². The fourth-order valence-electron chi connectivity index (χ4n) is 3.29. The number of carbonyl (C=O) groups excluding carboxylic acids is 1. The van der Waals surface area contributed by atoms with E-state index in [1.807, 2.05) is 19.0 Å². The van der Waals surface area contributed by atoms with Crippen molar-refractivity contribution in [2.75, 3.05) is 37.0 Å². The molecule has 126 valence electrons. The van der Waals surface area contributed by atoms with Crippen LogP contribution in [-0.2, 0) is 4.79 Å². The first-order valence-electron chi connectivity index (χ1n) is 8.26. The number of hydrogen-bond donors (Lipinski definition) is 2. The van der Waals surface area contributed by atoms with Crippen molar-refractivity contribution in [1.82, 2.24) is 15.3 Å². The van der Waals surface area contributed by atoms with E-state index in [0.717, 1.165) is 49.8 Å². The molecule has 1 amide bonds. The Morgan fingerprint density at radius 3 is 2.74 bits per heavy atom. The molecule has 2 heterocycles. The van der Waals surface area contributed by atoms with Crippen molar-refractivity contribution in [3.05, 3.63) is 11.8 Å². The number of anilines is 2. The SMILES string of the molecule is CC(=O)NC1CCN(c2cc(C3CC(N)C3)nc(N(C)C)n2)C1. The third-order valence-corrected chi connectivity index (χ3v) is 4.63. The Hall–Kier alpha value is -1.89.